The van der Waals surface area contributed by atoms with Crippen molar-refractivity contribution in [3.05, 3.63) is 12.4 Å². The molecule has 5 heteroatoms. The fraction of sp³-hybridized carbons (Fsp3) is 0.714. The molecule has 5 nitrogen and oxygen atoms in total. The van der Waals surface area contributed by atoms with Crippen molar-refractivity contribution < 1.29 is 9.47 Å². The number of ether oxygens (including phenoxy) is 2. The molecule has 106 valence electrons. The van der Waals surface area contributed by atoms with Crippen LogP contribution in [-0.2, 0) is 0 Å². The molecule has 0 aromatic carbocycles. The number of nitrogens with two attached hydrogens (primary N) is 1. The second-order valence-corrected chi connectivity index (χ2v) is 4.98. The van der Waals surface area contributed by atoms with Crippen LogP contribution in [0.2, 0.25) is 0 Å². The first-order valence-corrected chi connectivity index (χ1v) is 7.11. The Bertz CT molecular complexity index is 387. The smallest absolute Gasteiger partial charge is 0.220 e. The summed E-state index contributed by atoms with van der Waals surface area (Å²) in [6.07, 6.45) is 6.46. The Morgan fingerprint density at radius 1 is 1.16 bits per heavy atom. The van der Waals surface area contributed by atoms with Crippen molar-refractivity contribution in [1.82, 2.24) is 9.97 Å². The molecule has 1 saturated carbocycles. The summed E-state index contributed by atoms with van der Waals surface area (Å²) in [5.41, 5.74) is 5.83. The van der Waals surface area contributed by atoms with Crippen LogP contribution in [0.5, 0.6) is 11.8 Å². The molecule has 19 heavy (non-hydrogen) atoms. The molecule has 0 bridgehead atoms. The Labute approximate surface area is 114 Å². The lowest BCUT2D eigenvalue weighted by molar-refractivity contribution is 0.149. The Hall–Kier alpha value is -1.36. The molecule has 1 aliphatic carbocycles. The second kappa shape index (κ2) is 7.28. The van der Waals surface area contributed by atoms with Gasteiger partial charge < -0.3 is 15.2 Å². The molecule has 2 N–H and O–H groups in total. The van der Waals surface area contributed by atoms with E-state index in [9.17, 15) is 0 Å². The van der Waals surface area contributed by atoms with Gasteiger partial charge in [-0.1, -0.05) is 12.8 Å². The number of hydrogen-bond donors (Lipinski definition) is 1. The molecular weight excluding hydrogens is 242 g/mol. The summed E-state index contributed by atoms with van der Waals surface area (Å²) in [6.45, 7) is 3.96. The van der Waals surface area contributed by atoms with Crippen molar-refractivity contribution in [2.45, 2.75) is 32.6 Å². The quantitative estimate of drug-likeness (QED) is 0.852. The lowest BCUT2D eigenvalue weighted by Gasteiger charge is -2.30. The van der Waals surface area contributed by atoms with Gasteiger partial charge in [0, 0.05) is 0 Å². The van der Waals surface area contributed by atoms with Gasteiger partial charge in [0.25, 0.3) is 0 Å². The normalized spacial score (nSPS) is 23.1. The molecule has 0 amide bonds. The molecule has 2 atom stereocenters. The van der Waals surface area contributed by atoms with Crippen molar-refractivity contribution in [1.29, 1.82) is 0 Å². The SMILES string of the molecule is CCOc1cc(OCC2CCCCC2CN)ncn1. The summed E-state index contributed by atoms with van der Waals surface area (Å²) in [5, 5.41) is 0. The molecule has 1 fully saturated rings. The second-order valence-electron chi connectivity index (χ2n) is 4.98. The van der Waals surface area contributed by atoms with Crippen molar-refractivity contribution in [3.8, 4) is 11.8 Å². The zero-order valence-corrected chi connectivity index (χ0v) is 11.5. The summed E-state index contributed by atoms with van der Waals surface area (Å²) in [4.78, 5) is 8.13. The molecule has 0 spiro atoms. The molecule has 2 unspecified atom stereocenters. The average molecular weight is 265 g/mol. The lowest BCUT2D eigenvalue weighted by atomic mass is 9.80. The van der Waals surface area contributed by atoms with Gasteiger partial charge in [-0.2, -0.15) is 0 Å². The predicted octanol–water partition coefficient (Wildman–Crippen LogP) is 2.02. The number of aromatic nitrogens is 2. The van der Waals surface area contributed by atoms with E-state index in [1.165, 1.54) is 32.0 Å². The minimum absolute atomic E-state index is 0.546. The molecule has 1 aromatic heterocycles. The molecular formula is C14H23N3O2. The minimum Gasteiger partial charge on any atom is -0.478 e. The number of nitrogens with zero attached hydrogens (tertiary/aromatic N) is 2. The maximum Gasteiger partial charge on any atom is 0.220 e. The maximum absolute atomic E-state index is 5.83. The van der Waals surface area contributed by atoms with E-state index in [4.69, 9.17) is 15.2 Å². The highest BCUT2D eigenvalue weighted by Crippen LogP contribution is 2.29. The van der Waals surface area contributed by atoms with Gasteiger partial charge in [-0.05, 0) is 38.1 Å². The lowest BCUT2D eigenvalue weighted by Crippen LogP contribution is -2.30. The zero-order chi connectivity index (χ0) is 13.5. The third-order valence-electron chi connectivity index (χ3n) is 3.72. The monoisotopic (exact) mass is 265 g/mol. The summed E-state index contributed by atoms with van der Waals surface area (Å²) in [5.74, 6) is 2.28. The van der Waals surface area contributed by atoms with Crippen LogP contribution in [0.1, 0.15) is 32.6 Å². The highest BCUT2D eigenvalue weighted by atomic mass is 16.5. The van der Waals surface area contributed by atoms with E-state index in [2.05, 4.69) is 9.97 Å². The largest absolute Gasteiger partial charge is 0.478 e. The van der Waals surface area contributed by atoms with Crippen LogP contribution in [0.25, 0.3) is 0 Å². The summed E-state index contributed by atoms with van der Waals surface area (Å²) in [6, 6.07) is 1.74. The Morgan fingerprint density at radius 2 is 1.84 bits per heavy atom. The third kappa shape index (κ3) is 4.06. The van der Waals surface area contributed by atoms with Gasteiger partial charge >= 0.3 is 0 Å². The van der Waals surface area contributed by atoms with E-state index in [1.807, 2.05) is 6.92 Å². The van der Waals surface area contributed by atoms with E-state index in [1.54, 1.807) is 6.07 Å². The highest BCUT2D eigenvalue weighted by molar-refractivity contribution is 5.18. The van der Waals surface area contributed by atoms with Crippen LogP contribution in [0.3, 0.4) is 0 Å². The van der Waals surface area contributed by atoms with Gasteiger partial charge in [-0.15, -0.1) is 0 Å². The summed E-state index contributed by atoms with van der Waals surface area (Å²) >= 11 is 0. The summed E-state index contributed by atoms with van der Waals surface area (Å²) in [7, 11) is 0. The molecule has 0 radical (unpaired) electrons. The Balaban J connectivity index is 1.88. The first-order chi connectivity index (χ1) is 9.33. The summed E-state index contributed by atoms with van der Waals surface area (Å²) < 4.78 is 11.1. The van der Waals surface area contributed by atoms with Gasteiger partial charge in [-0.3, -0.25) is 0 Å². The minimum atomic E-state index is 0.546. The standard InChI is InChI=1S/C14H23N3O2/c1-2-18-13-7-14(17-10-16-13)19-9-12-6-4-3-5-11(12)8-15/h7,10-12H,2-6,8-9,15H2,1H3. The number of rotatable bonds is 6. The fourth-order valence-electron chi connectivity index (χ4n) is 2.64. The van der Waals surface area contributed by atoms with Crippen molar-refractivity contribution >= 4 is 0 Å². The van der Waals surface area contributed by atoms with Gasteiger partial charge in [0.1, 0.15) is 6.33 Å². The van der Waals surface area contributed by atoms with E-state index in [-0.39, 0.29) is 0 Å². The van der Waals surface area contributed by atoms with Gasteiger partial charge in [0.05, 0.1) is 19.3 Å². The fourth-order valence-corrected chi connectivity index (χ4v) is 2.64. The van der Waals surface area contributed by atoms with Gasteiger partial charge in [0.2, 0.25) is 11.8 Å². The van der Waals surface area contributed by atoms with Crippen LogP contribution in [0.4, 0.5) is 0 Å². The Morgan fingerprint density at radius 3 is 2.53 bits per heavy atom. The van der Waals surface area contributed by atoms with E-state index in [0.717, 1.165) is 6.54 Å². The van der Waals surface area contributed by atoms with Crippen LogP contribution in [0, 0.1) is 11.8 Å². The third-order valence-corrected chi connectivity index (χ3v) is 3.72. The van der Waals surface area contributed by atoms with Crippen molar-refractivity contribution in [2.75, 3.05) is 19.8 Å². The molecule has 0 saturated heterocycles. The van der Waals surface area contributed by atoms with Crippen molar-refractivity contribution in [2.24, 2.45) is 17.6 Å². The van der Waals surface area contributed by atoms with Gasteiger partial charge in [0.15, 0.2) is 0 Å². The Kier molecular flexibility index (Phi) is 5.39. The first-order valence-electron chi connectivity index (χ1n) is 7.11. The number of hydrogen-bond acceptors (Lipinski definition) is 5. The molecule has 1 aromatic rings. The van der Waals surface area contributed by atoms with E-state index in [0.29, 0.717) is 36.8 Å². The highest BCUT2D eigenvalue weighted by Gasteiger charge is 2.24. The molecule has 1 aliphatic rings. The van der Waals surface area contributed by atoms with Crippen molar-refractivity contribution in [3.63, 3.8) is 0 Å². The van der Waals surface area contributed by atoms with Crippen LogP contribution in [-0.4, -0.2) is 29.7 Å². The average Bonchev–Trinajstić information content (AvgIpc) is 2.46. The van der Waals surface area contributed by atoms with Crippen LogP contribution < -0.4 is 15.2 Å². The maximum atomic E-state index is 5.83. The van der Waals surface area contributed by atoms with E-state index < -0.39 is 0 Å². The van der Waals surface area contributed by atoms with Crippen LogP contribution >= 0.6 is 0 Å². The molecule has 2 rings (SSSR count). The van der Waals surface area contributed by atoms with Crippen LogP contribution in [0.15, 0.2) is 12.4 Å². The van der Waals surface area contributed by atoms with Gasteiger partial charge in [-0.25, -0.2) is 9.97 Å². The molecule has 1 heterocycles. The predicted molar refractivity (Wildman–Crippen MR) is 73.2 cm³/mol. The zero-order valence-electron chi connectivity index (χ0n) is 11.5. The van der Waals surface area contributed by atoms with E-state index >= 15 is 0 Å². The first kappa shape index (κ1) is 14.1. The molecule has 0 aliphatic heterocycles. The topological polar surface area (TPSA) is 70.3 Å².